The van der Waals surface area contributed by atoms with Gasteiger partial charge in [0.1, 0.15) is 0 Å². The van der Waals surface area contributed by atoms with Crippen molar-refractivity contribution in [3.8, 4) is 0 Å². The number of carboxylic acids is 2. The number of nitrogens with two attached hydrogens (primary N) is 1. The molecule has 1 aromatic heterocycles. The fraction of sp³-hybridized carbons (Fsp3) is 0.182. The molecule has 0 saturated carbocycles. The van der Waals surface area contributed by atoms with E-state index >= 15 is 0 Å². The van der Waals surface area contributed by atoms with Crippen molar-refractivity contribution in [2.75, 3.05) is 0 Å². The Hall–Kier alpha value is -2.77. The minimum atomic E-state index is -1.58. The van der Waals surface area contributed by atoms with E-state index in [4.69, 9.17) is 15.9 Å². The Bertz CT molecular complexity index is 471. The van der Waals surface area contributed by atoms with E-state index < -0.39 is 36.5 Å². The molecule has 0 aliphatic rings. The number of aromatic nitrogens is 1. The van der Waals surface area contributed by atoms with Crippen molar-refractivity contribution in [3.63, 3.8) is 0 Å². The van der Waals surface area contributed by atoms with Gasteiger partial charge in [-0.15, -0.1) is 0 Å². The van der Waals surface area contributed by atoms with Crippen LogP contribution in [-0.4, -0.2) is 38.8 Å². The molecule has 1 aromatic rings. The minimum absolute atomic E-state index is 0.425. The van der Waals surface area contributed by atoms with Crippen molar-refractivity contribution in [2.24, 2.45) is 5.73 Å². The molecule has 0 unspecified atom stereocenters. The van der Waals surface area contributed by atoms with Crippen LogP contribution < -0.4 is 5.73 Å². The molecule has 0 fully saturated rings. The van der Waals surface area contributed by atoms with Crippen LogP contribution >= 0.6 is 0 Å². The second-order valence-electron chi connectivity index (χ2n) is 3.23. The lowest BCUT2D eigenvalue weighted by Crippen LogP contribution is -2.13. The van der Waals surface area contributed by atoms with E-state index in [0.29, 0.717) is 5.56 Å². The van der Waals surface area contributed by atoms with Gasteiger partial charge in [0.05, 0.1) is 12.0 Å². The van der Waals surface area contributed by atoms with Crippen molar-refractivity contribution in [1.29, 1.82) is 0 Å². The number of aliphatic carboxylic acids is 2. The van der Waals surface area contributed by atoms with Crippen LogP contribution in [0.25, 0.3) is 0 Å². The van der Waals surface area contributed by atoms with Crippen molar-refractivity contribution in [3.05, 3.63) is 30.1 Å². The van der Waals surface area contributed by atoms with Gasteiger partial charge >= 0.3 is 11.9 Å². The standard InChI is InChI=1S/C6H6N2O.C5H6O5/c7-6(9)5-2-1-3-8-4-5;6-3(5(9)10)1-2-4(7)8/h1-4H,(H2,7,9);1-2H2,(H,7,8)(H,9,10). The molecular weight excluding hydrogens is 256 g/mol. The van der Waals surface area contributed by atoms with E-state index in [1.165, 1.54) is 6.20 Å². The molecule has 0 aliphatic heterocycles. The molecule has 0 aromatic carbocycles. The number of amides is 1. The largest absolute Gasteiger partial charge is 0.481 e. The molecule has 0 spiro atoms. The Morgan fingerprint density at radius 3 is 2.11 bits per heavy atom. The second kappa shape index (κ2) is 8.34. The average molecular weight is 268 g/mol. The third-order valence-electron chi connectivity index (χ3n) is 1.75. The molecule has 19 heavy (non-hydrogen) atoms. The maximum Gasteiger partial charge on any atom is 0.372 e. The zero-order valence-corrected chi connectivity index (χ0v) is 9.78. The lowest BCUT2D eigenvalue weighted by Gasteiger charge is -1.88. The van der Waals surface area contributed by atoms with E-state index in [9.17, 15) is 19.2 Å². The zero-order valence-electron chi connectivity index (χ0n) is 9.78. The van der Waals surface area contributed by atoms with E-state index in [1.54, 1.807) is 18.3 Å². The average Bonchev–Trinajstić information content (AvgIpc) is 2.37. The van der Waals surface area contributed by atoms with Gasteiger partial charge in [0, 0.05) is 18.8 Å². The molecule has 0 saturated heterocycles. The first-order chi connectivity index (χ1) is 8.84. The van der Waals surface area contributed by atoms with Gasteiger partial charge < -0.3 is 15.9 Å². The van der Waals surface area contributed by atoms with Gasteiger partial charge in [0.2, 0.25) is 11.7 Å². The van der Waals surface area contributed by atoms with E-state index in [1.807, 2.05) is 0 Å². The highest BCUT2D eigenvalue weighted by Crippen LogP contribution is 1.91. The maximum absolute atomic E-state index is 10.4. The maximum atomic E-state index is 10.4. The Balaban J connectivity index is 0.000000342. The number of nitrogens with zero attached hydrogens (tertiary/aromatic N) is 1. The van der Waals surface area contributed by atoms with Crippen LogP contribution in [0.4, 0.5) is 0 Å². The molecule has 0 radical (unpaired) electrons. The highest BCUT2D eigenvalue weighted by Gasteiger charge is 2.12. The van der Waals surface area contributed by atoms with Gasteiger partial charge in [-0.05, 0) is 12.1 Å². The lowest BCUT2D eigenvalue weighted by molar-refractivity contribution is -0.149. The molecular formula is C11H12N2O6. The van der Waals surface area contributed by atoms with Gasteiger partial charge in [-0.2, -0.15) is 0 Å². The first-order valence-electron chi connectivity index (χ1n) is 5.02. The summed E-state index contributed by atoms with van der Waals surface area (Å²) in [4.78, 5) is 43.8. The number of ketones is 1. The Labute approximate surface area is 107 Å². The van der Waals surface area contributed by atoms with Crippen molar-refractivity contribution < 1.29 is 29.4 Å². The molecule has 4 N–H and O–H groups in total. The molecule has 0 atom stereocenters. The van der Waals surface area contributed by atoms with Crippen molar-refractivity contribution in [1.82, 2.24) is 4.98 Å². The first kappa shape index (κ1) is 16.2. The fourth-order valence-corrected chi connectivity index (χ4v) is 0.836. The summed E-state index contributed by atoms with van der Waals surface area (Å²) < 4.78 is 0. The molecule has 0 bridgehead atoms. The summed E-state index contributed by atoms with van der Waals surface area (Å²) in [5.41, 5.74) is 5.38. The molecule has 102 valence electrons. The normalized spacial score (nSPS) is 8.84. The summed E-state index contributed by atoms with van der Waals surface area (Å²) in [6, 6.07) is 3.29. The summed E-state index contributed by atoms with van der Waals surface area (Å²) in [6.45, 7) is 0. The van der Waals surface area contributed by atoms with E-state index in [2.05, 4.69) is 4.98 Å². The van der Waals surface area contributed by atoms with Crippen LogP contribution in [0.1, 0.15) is 23.2 Å². The highest BCUT2D eigenvalue weighted by atomic mass is 16.4. The predicted molar refractivity (Wildman–Crippen MR) is 62.3 cm³/mol. The number of primary amides is 1. The fourth-order valence-electron chi connectivity index (χ4n) is 0.836. The van der Waals surface area contributed by atoms with Crippen molar-refractivity contribution >= 4 is 23.6 Å². The summed E-state index contributed by atoms with van der Waals surface area (Å²) in [5.74, 6) is -4.26. The summed E-state index contributed by atoms with van der Waals surface area (Å²) in [6.07, 6.45) is 2.16. The summed E-state index contributed by atoms with van der Waals surface area (Å²) in [7, 11) is 0. The Morgan fingerprint density at radius 2 is 1.79 bits per heavy atom. The van der Waals surface area contributed by atoms with Crippen LogP contribution in [0, 0.1) is 0 Å². The third-order valence-corrected chi connectivity index (χ3v) is 1.75. The van der Waals surface area contributed by atoms with Crippen LogP contribution in [0.3, 0.4) is 0 Å². The van der Waals surface area contributed by atoms with Crippen LogP contribution in [0.2, 0.25) is 0 Å². The van der Waals surface area contributed by atoms with Crippen LogP contribution in [0.15, 0.2) is 24.5 Å². The second-order valence-corrected chi connectivity index (χ2v) is 3.23. The number of hydrogen-bond donors (Lipinski definition) is 3. The number of hydrogen-bond acceptors (Lipinski definition) is 5. The molecule has 1 heterocycles. The SMILES string of the molecule is NC(=O)c1cccnc1.O=C(O)CCC(=O)C(=O)O. The quantitative estimate of drug-likeness (QED) is 0.620. The number of carboxylic acid groups (broad SMARTS) is 2. The van der Waals surface area contributed by atoms with Gasteiger partial charge in [-0.25, -0.2) is 4.79 Å². The highest BCUT2D eigenvalue weighted by molar-refractivity contribution is 6.32. The zero-order chi connectivity index (χ0) is 14.8. The molecule has 0 aliphatic carbocycles. The Morgan fingerprint density at radius 1 is 1.16 bits per heavy atom. The van der Waals surface area contributed by atoms with Gasteiger partial charge in [-0.1, -0.05) is 0 Å². The summed E-state index contributed by atoms with van der Waals surface area (Å²) in [5, 5.41) is 16.0. The molecule has 8 nitrogen and oxygen atoms in total. The third kappa shape index (κ3) is 8.02. The van der Waals surface area contributed by atoms with Gasteiger partial charge in [-0.3, -0.25) is 19.4 Å². The minimum Gasteiger partial charge on any atom is -0.481 e. The van der Waals surface area contributed by atoms with Gasteiger partial charge in [0.25, 0.3) is 0 Å². The van der Waals surface area contributed by atoms with Crippen LogP contribution in [-0.2, 0) is 14.4 Å². The molecule has 1 amide bonds. The smallest absolute Gasteiger partial charge is 0.372 e. The van der Waals surface area contributed by atoms with Gasteiger partial charge in [0.15, 0.2) is 0 Å². The monoisotopic (exact) mass is 268 g/mol. The number of carbonyl (C=O) groups excluding carboxylic acids is 2. The predicted octanol–water partition coefficient (Wildman–Crippen LogP) is -0.315. The number of Topliss-reactive ketones (excluding diaryl/α,β-unsaturated/α-hetero) is 1. The summed E-state index contributed by atoms with van der Waals surface area (Å²) >= 11 is 0. The lowest BCUT2D eigenvalue weighted by atomic mass is 10.2. The number of carbonyl (C=O) groups is 4. The molecule has 8 heteroatoms. The Kier molecular flexibility index (Phi) is 7.12. The molecule has 1 rings (SSSR count). The van der Waals surface area contributed by atoms with E-state index in [0.717, 1.165) is 0 Å². The number of rotatable bonds is 5. The topological polar surface area (TPSA) is 148 Å². The first-order valence-corrected chi connectivity index (χ1v) is 5.02. The number of pyridine rings is 1. The van der Waals surface area contributed by atoms with E-state index in [-0.39, 0.29) is 0 Å². The van der Waals surface area contributed by atoms with Crippen LogP contribution in [0.5, 0.6) is 0 Å². The van der Waals surface area contributed by atoms with Crippen molar-refractivity contribution in [2.45, 2.75) is 12.8 Å².